The first-order chi connectivity index (χ1) is 48.6. The van der Waals surface area contributed by atoms with Crippen LogP contribution in [0.4, 0.5) is 0 Å². The molecule has 9 nitrogen and oxygen atoms in total. The van der Waals surface area contributed by atoms with Gasteiger partial charge in [0.15, 0.2) is 6.10 Å². The monoisotopic (exact) mass is 1380 g/mol. The van der Waals surface area contributed by atoms with Gasteiger partial charge in [-0.3, -0.25) is 9.59 Å². The zero-order valence-corrected chi connectivity index (χ0v) is 65.1. The molecule has 0 aromatic carbocycles. The minimum absolute atomic E-state index is 0.184. The molecular formula is C90H156NO8+. The van der Waals surface area contributed by atoms with Gasteiger partial charge in [0, 0.05) is 12.8 Å². The molecule has 0 radical (unpaired) electrons. The Morgan fingerprint density at radius 3 is 0.808 bits per heavy atom. The number of aliphatic carboxylic acids is 1. The predicted octanol–water partition coefficient (Wildman–Crippen LogP) is 26.8. The second-order valence-electron chi connectivity index (χ2n) is 28.7. The van der Waals surface area contributed by atoms with Crippen LogP contribution >= 0.6 is 0 Å². The number of nitrogens with zero attached hydrogens (tertiary/aromatic N) is 1. The molecule has 0 spiro atoms. The van der Waals surface area contributed by atoms with Crippen LogP contribution in [0.25, 0.3) is 0 Å². The standard InChI is InChI=1S/C90H155NO8/c1-6-8-10-12-14-16-18-20-22-24-26-28-30-32-34-36-38-40-41-42-43-44-45-46-47-49-50-52-54-56-58-60-62-64-66-68-70-72-74-76-78-80-87(92)97-84-86(85-98-90(89(94)95)96-83-82-91(3,4)5)99-88(93)81-79-77-75-73-71-69-67-65-63-61-59-57-55-53-51-48-39-37-35-33-31-29-27-25-23-21-19-17-15-13-11-9-7-2/h8-11,14-17,20-23,26-29,33,35,39,48,53,55,86,90H,6-7,12-13,18-19,24-25,30-32,34,36-38,40-47,49-52,54,56-85H2,1-5H3/p+1/b10-8-,11-9-,16-14-,17-15-,22-20-,23-21-,28-26-,29-27-,35-33-,48-39-,55-53-. The number of allylic oxidation sites excluding steroid dienone is 22. The lowest BCUT2D eigenvalue weighted by Gasteiger charge is -2.25. The molecule has 0 aromatic heterocycles. The number of ether oxygens (including phenoxy) is 4. The van der Waals surface area contributed by atoms with E-state index in [0.717, 1.165) is 116 Å². The van der Waals surface area contributed by atoms with Crippen LogP contribution in [-0.2, 0) is 33.3 Å². The number of carboxylic acid groups (broad SMARTS) is 1. The molecule has 0 aliphatic heterocycles. The van der Waals surface area contributed by atoms with Crippen LogP contribution in [0.1, 0.15) is 361 Å². The van der Waals surface area contributed by atoms with E-state index in [1.807, 2.05) is 21.1 Å². The van der Waals surface area contributed by atoms with E-state index in [1.165, 1.54) is 212 Å². The Balaban J connectivity index is 3.99. The zero-order valence-electron chi connectivity index (χ0n) is 65.1. The molecule has 0 saturated heterocycles. The fraction of sp³-hybridized carbons (Fsp3) is 0.722. The van der Waals surface area contributed by atoms with Gasteiger partial charge < -0.3 is 28.5 Å². The number of carboxylic acids is 1. The normalized spacial score (nSPS) is 13.3. The first-order valence-electron chi connectivity index (χ1n) is 41.3. The Morgan fingerprint density at radius 1 is 0.303 bits per heavy atom. The van der Waals surface area contributed by atoms with Crippen molar-refractivity contribution in [3.63, 3.8) is 0 Å². The van der Waals surface area contributed by atoms with E-state index in [9.17, 15) is 19.5 Å². The summed E-state index contributed by atoms with van der Waals surface area (Å²) in [6, 6.07) is 0. The average molecular weight is 1380 g/mol. The van der Waals surface area contributed by atoms with Gasteiger partial charge in [-0.15, -0.1) is 0 Å². The number of likely N-dealkylation sites (N-methyl/N-ethyl adjacent to an activating group) is 1. The fourth-order valence-electron chi connectivity index (χ4n) is 11.7. The summed E-state index contributed by atoms with van der Waals surface area (Å²) in [6.45, 7) is 4.68. The third kappa shape index (κ3) is 80.6. The lowest BCUT2D eigenvalue weighted by Crippen LogP contribution is -2.40. The van der Waals surface area contributed by atoms with Crippen molar-refractivity contribution < 1.29 is 42.9 Å². The number of carbonyl (C=O) groups is 3. The molecule has 0 bridgehead atoms. The molecule has 0 aliphatic rings. The Hall–Kier alpha value is -4.57. The lowest BCUT2D eigenvalue weighted by atomic mass is 10.0. The maximum absolute atomic E-state index is 13.0. The van der Waals surface area contributed by atoms with Crippen molar-refractivity contribution in [1.29, 1.82) is 0 Å². The summed E-state index contributed by atoms with van der Waals surface area (Å²) in [6.07, 6.45) is 112. The Kier molecular flexibility index (Phi) is 75.5. The summed E-state index contributed by atoms with van der Waals surface area (Å²) in [7, 11) is 5.99. The summed E-state index contributed by atoms with van der Waals surface area (Å²) in [5.41, 5.74) is 0. The predicted molar refractivity (Wildman–Crippen MR) is 428 cm³/mol. The van der Waals surface area contributed by atoms with E-state index in [4.69, 9.17) is 18.9 Å². The number of hydrogen-bond donors (Lipinski definition) is 1. The van der Waals surface area contributed by atoms with Crippen molar-refractivity contribution >= 4 is 17.9 Å². The molecular weight excluding hydrogens is 1220 g/mol. The Bertz CT molecular complexity index is 2100. The molecule has 0 aromatic rings. The third-order valence-electron chi connectivity index (χ3n) is 17.9. The molecule has 99 heavy (non-hydrogen) atoms. The second kappa shape index (κ2) is 79.1. The topological polar surface area (TPSA) is 108 Å². The van der Waals surface area contributed by atoms with Crippen LogP contribution in [0, 0.1) is 0 Å². The minimum Gasteiger partial charge on any atom is -0.477 e. The van der Waals surface area contributed by atoms with E-state index >= 15 is 0 Å². The largest absolute Gasteiger partial charge is 0.477 e. The molecule has 2 unspecified atom stereocenters. The average Bonchev–Trinajstić information content (AvgIpc) is 1.57. The van der Waals surface area contributed by atoms with Gasteiger partial charge in [-0.25, -0.2) is 4.79 Å². The van der Waals surface area contributed by atoms with Gasteiger partial charge in [0.05, 0.1) is 34.4 Å². The van der Waals surface area contributed by atoms with Gasteiger partial charge in [-0.2, -0.15) is 0 Å². The van der Waals surface area contributed by atoms with Crippen LogP contribution in [0.2, 0.25) is 0 Å². The number of rotatable bonds is 76. The molecule has 0 rings (SSSR count). The van der Waals surface area contributed by atoms with Crippen molar-refractivity contribution in [2.45, 2.75) is 373 Å². The number of hydrogen-bond acceptors (Lipinski definition) is 7. The van der Waals surface area contributed by atoms with E-state index < -0.39 is 24.3 Å². The van der Waals surface area contributed by atoms with Crippen molar-refractivity contribution in [2.75, 3.05) is 47.5 Å². The fourth-order valence-corrected chi connectivity index (χ4v) is 11.7. The van der Waals surface area contributed by atoms with Crippen LogP contribution in [0.3, 0.4) is 0 Å². The van der Waals surface area contributed by atoms with E-state index in [2.05, 4.69) is 148 Å². The van der Waals surface area contributed by atoms with Gasteiger partial charge in [0.2, 0.25) is 0 Å². The van der Waals surface area contributed by atoms with Crippen LogP contribution in [0.15, 0.2) is 134 Å². The Morgan fingerprint density at radius 2 is 0.545 bits per heavy atom. The molecule has 0 heterocycles. The van der Waals surface area contributed by atoms with E-state index in [-0.39, 0.29) is 32.2 Å². The molecule has 0 saturated carbocycles. The number of esters is 2. The third-order valence-corrected chi connectivity index (χ3v) is 17.9. The number of unbranched alkanes of at least 4 members (excludes halogenated alkanes) is 39. The quantitative estimate of drug-likeness (QED) is 0.0211. The van der Waals surface area contributed by atoms with Crippen molar-refractivity contribution in [1.82, 2.24) is 0 Å². The summed E-state index contributed by atoms with van der Waals surface area (Å²) in [5.74, 6) is -2.00. The van der Waals surface area contributed by atoms with Gasteiger partial charge in [-0.05, 0) is 109 Å². The van der Waals surface area contributed by atoms with Gasteiger partial charge >= 0.3 is 17.9 Å². The number of quaternary nitrogens is 1. The minimum atomic E-state index is -1.52. The molecule has 1 N–H and O–H groups in total. The van der Waals surface area contributed by atoms with Crippen LogP contribution in [0.5, 0.6) is 0 Å². The summed E-state index contributed by atoms with van der Waals surface area (Å²) in [5, 5.41) is 9.78. The first kappa shape index (κ1) is 94.4. The molecule has 568 valence electrons. The van der Waals surface area contributed by atoms with Gasteiger partial charge in [0.1, 0.15) is 13.2 Å². The van der Waals surface area contributed by atoms with Crippen molar-refractivity contribution in [3.05, 3.63) is 134 Å². The maximum atomic E-state index is 13.0. The molecule has 9 heteroatoms. The van der Waals surface area contributed by atoms with Crippen molar-refractivity contribution in [2.24, 2.45) is 0 Å². The van der Waals surface area contributed by atoms with Gasteiger partial charge in [-0.1, -0.05) is 372 Å². The molecule has 2 atom stereocenters. The first-order valence-corrected chi connectivity index (χ1v) is 41.3. The molecule has 0 fully saturated rings. The highest BCUT2D eigenvalue weighted by Gasteiger charge is 2.25. The van der Waals surface area contributed by atoms with Gasteiger partial charge in [0.25, 0.3) is 6.29 Å². The molecule has 0 aliphatic carbocycles. The van der Waals surface area contributed by atoms with E-state index in [0.29, 0.717) is 23.9 Å². The van der Waals surface area contributed by atoms with Crippen LogP contribution < -0.4 is 0 Å². The lowest BCUT2D eigenvalue weighted by molar-refractivity contribution is -0.870. The number of carbonyl (C=O) groups excluding carboxylic acids is 2. The summed E-state index contributed by atoms with van der Waals surface area (Å²) in [4.78, 5) is 37.8. The van der Waals surface area contributed by atoms with Crippen LogP contribution in [-0.4, -0.2) is 87.4 Å². The smallest absolute Gasteiger partial charge is 0.361 e. The highest BCUT2D eigenvalue weighted by atomic mass is 16.7. The summed E-state index contributed by atoms with van der Waals surface area (Å²) < 4.78 is 23.1. The molecule has 0 amide bonds. The summed E-state index contributed by atoms with van der Waals surface area (Å²) >= 11 is 0. The highest BCUT2D eigenvalue weighted by molar-refractivity contribution is 5.71. The van der Waals surface area contributed by atoms with Crippen molar-refractivity contribution in [3.8, 4) is 0 Å². The SMILES string of the molecule is CC/C=C\C/C=C\C/C=C\C/C=C\C/C=C\C/C=C\C/C=C\CCCCCCCCCCCCCC(=O)OC(COC(=O)CCCCCCCCCCCCCCCCCCCCCCCCCCCCCC/C=C\C/C=C\C/C=C\C/C=C\CC)COC(OCC[N+](C)(C)C)C(=O)O. The zero-order chi connectivity index (χ0) is 71.8. The highest BCUT2D eigenvalue weighted by Crippen LogP contribution is 2.19. The second-order valence-corrected chi connectivity index (χ2v) is 28.7. The van der Waals surface area contributed by atoms with E-state index in [1.54, 1.807) is 0 Å². The maximum Gasteiger partial charge on any atom is 0.361 e. The Labute approximate surface area is 611 Å².